The maximum absolute atomic E-state index is 3.94. The van der Waals surface area contributed by atoms with Crippen LogP contribution in [-0.4, -0.2) is 0 Å². The maximum Gasteiger partial charge on any atom is -0.0299 e. The summed E-state index contributed by atoms with van der Waals surface area (Å²) in [5, 5.41) is 0. The topological polar surface area (TPSA) is 0 Å². The Hall–Kier alpha value is -0.260. The van der Waals surface area contributed by atoms with Crippen LogP contribution in [0.2, 0.25) is 0 Å². The molecule has 0 saturated heterocycles. The van der Waals surface area contributed by atoms with Crippen molar-refractivity contribution < 1.29 is 0 Å². The lowest BCUT2D eigenvalue weighted by molar-refractivity contribution is 0.356. The lowest BCUT2D eigenvalue weighted by Gasteiger charge is -2.19. The lowest BCUT2D eigenvalue weighted by Crippen LogP contribution is -2.07. The number of rotatable bonds is 5. The van der Waals surface area contributed by atoms with Crippen molar-refractivity contribution in [1.29, 1.82) is 0 Å². The van der Waals surface area contributed by atoms with Gasteiger partial charge in [0.2, 0.25) is 0 Å². The van der Waals surface area contributed by atoms with Crippen LogP contribution in [0.15, 0.2) is 12.2 Å². The molecular formula is C12H23. The van der Waals surface area contributed by atoms with Crippen LogP contribution in [0.25, 0.3) is 0 Å². The van der Waals surface area contributed by atoms with Crippen LogP contribution in [0.4, 0.5) is 0 Å². The molecule has 0 fully saturated rings. The summed E-state index contributed by atoms with van der Waals surface area (Å²) in [6.45, 7) is 13.0. The largest absolute Gasteiger partial charge is 0.0883 e. The molecule has 0 heteroatoms. The first-order chi connectivity index (χ1) is 5.48. The van der Waals surface area contributed by atoms with Crippen LogP contribution in [0.5, 0.6) is 0 Å². The highest BCUT2D eigenvalue weighted by atomic mass is 14.2. The van der Waals surface area contributed by atoms with E-state index in [9.17, 15) is 0 Å². The van der Waals surface area contributed by atoms with Gasteiger partial charge < -0.3 is 0 Å². The van der Waals surface area contributed by atoms with Crippen LogP contribution in [0.3, 0.4) is 0 Å². The van der Waals surface area contributed by atoms with E-state index >= 15 is 0 Å². The fraction of sp³-hybridized carbons (Fsp3) is 0.750. The third kappa shape index (κ3) is 6.45. The van der Waals surface area contributed by atoms with Crippen molar-refractivity contribution in [2.75, 3.05) is 0 Å². The molecule has 0 N–H and O–H groups in total. The highest BCUT2D eigenvalue weighted by molar-refractivity contribution is 4.88. The van der Waals surface area contributed by atoms with Gasteiger partial charge in [0.25, 0.3) is 0 Å². The number of hydrogen-bond acceptors (Lipinski definition) is 0. The van der Waals surface area contributed by atoms with E-state index in [2.05, 4.69) is 46.8 Å². The zero-order valence-corrected chi connectivity index (χ0v) is 9.06. The molecule has 0 bridgehead atoms. The van der Waals surface area contributed by atoms with Crippen LogP contribution in [0, 0.1) is 18.3 Å². The Morgan fingerprint density at radius 3 is 2.33 bits per heavy atom. The maximum atomic E-state index is 3.94. The van der Waals surface area contributed by atoms with Gasteiger partial charge in [-0.3, -0.25) is 0 Å². The van der Waals surface area contributed by atoms with Gasteiger partial charge in [0.15, 0.2) is 0 Å². The SMILES string of the molecule is [CH2]C(C)CC=CCC(C)(C)CC. The fourth-order valence-corrected chi connectivity index (χ4v) is 0.875. The van der Waals surface area contributed by atoms with Gasteiger partial charge >= 0.3 is 0 Å². The fourth-order valence-electron chi connectivity index (χ4n) is 0.875. The molecule has 0 aliphatic heterocycles. The Balaban J connectivity index is 3.60. The molecule has 0 aromatic heterocycles. The van der Waals surface area contributed by atoms with Crippen LogP contribution in [-0.2, 0) is 0 Å². The van der Waals surface area contributed by atoms with Crippen LogP contribution in [0.1, 0.15) is 47.0 Å². The Labute approximate surface area is 78.1 Å². The van der Waals surface area contributed by atoms with E-state index in [1.54, 1.807) is 0 Å². The average Bonchev–Trinajstić information content (AvgIpc) is 1.98. The van der Waals surface area contributed by atoms with Gasteiger partial charge in [0, 0.05) is 0 Å². The van der Waals surface area contributed by atoms with E-state index in [1.165, 1.54) is 12.8 Å². The molecule has 0 rings (SSSR count). The molecule has 0 nitrogen and oxygen atoms in total. The summed E-state index contributed by atoms with van der Waals surface area (Å²) in [6, 6.07) is 0. The molecule has 0 aromatic rings. The third-order valence-corrected chi connectivity index (χ3v) is 2.33. The van der Waals surface area contributed by atoms with Gasteiger partial charge in [-0.25, -0.2) is 0 Å². The summed E-state index contributed by atoms with van der Waals surface area (Å²) in [6.07, 6.45) is 8.10. The summed E-state index contributed by atoms with van der Waals surface area (Å²) in [4.78, 5) is 0. The zero-order chi connectivity index (χ0) is 9.61. The molecule has 12 heavy (non-hydrogen) atoms. The molecule has 0 amide bonds. The minimum atomic E-state index is 0.473. The predicted molar refractivity (Wildman–Crippen MR) is 57.0 cm³/mol. The van der Waals surface area contributed by atoms with Crippen molar-refractivity contribution in [2.45, 2.75) is 47.0 Å². The molecule has 1 unspecified atom stereocenters. The predicted octanol–water partition coefficient (Wildman–Crippen LogP) is 4.23. The third-order valence-electron chi connectivity index (χ3n) is 2.33. The number of allylic oxidation sites excluding steroid dienone is 2. The first kappa shape index (κ1) is 11.7. The van der Waals surface area contributed by atoms with Crippen molar-refractivity contribution >= 4 is 0 Å². The van der Waals surface area contributed by atoms with Crippen molar-refractivity contribution in [2.24, 2.45) is 11.3 Å². The first-order valence-corrected chi connectivity index (χ1v) is 4.96. The average molecular weight is 167 g/mol. The second kappa shape index (κ2) is 5.40. The molecule has 0 saturated carbocycles. The molecule has 71 valence electrons. The minimum Gasteiger partial charge on any atom is -0.0883 e. The van der Waals surface area contributed by atoms with Crippen LogP contribution < -0.4 is 0 Å². The van der Waals surface area contributed by atoms with Gasteiger partial charge in [0.1, 0.15) is 0 Å². The first-order valence-electron chi connectivity index (χ1n) is 4.96. The molecule has 0 heterocycles. The Kier molecular flexibility index (Phi) is 5.28. The second-order valence-corrected chi connectivity index (χ2v) is 4.53. The Bertz CT molecular complexity index is 129. The molecule has 1 atom stereocenters. The van der Waals surface area contributed by atoms with Crippen molar-refractivity contribution in [3.63, 3.8) is 0 Å². The van der Waals surface area contributed by atoms with Crippen molar-refractivity contribution in [3.8, 4) is 0 Å². The lowest BCUT2D eigenvalue weighted by atomic mass is 9.86. The summed E-state index contributed by atoms with van der Waals surface area (Å²) < 4.78 is 0. The van der Waals surface area contributed by atoms with Gasteiger partial charge in [0.05, 0.1) is 0 Å². The molecule has 1 radical (unpaired) electrons. The molecule has 0 aliphatic rings. The Morgan fingerprint density at radius 2 is 1.92 bits per heavy atom. The van der Waals surface area contributed by atoms with E-state index in [-0.39, 0.29) is 0 Å². The number of hydrogen-bond donors (Lipinski definition) is 0. The molecular weight excluding hydrogens is 144 g/mol. The summed E-state index contributed by atoms with van der Waals surface area (Å²) in [5.74, 6) is 0.547. The monoisotopic (exact) mass is 167 g/mol. The highest BCUT2D eigenvalue weighted by Gasteiger charge is 2.11. The van der Waals surface area contributed by atoms with Gasteiger partial charge in [-0.05, 0) is 24.2 Å². The quantitative estimate of drug-likeness (QED) is 0.537. The van der Waals surface area contributed by atoms with E-state index < -0.39 is 0 Å². The normalized spacial score (nSPS) is 13.2. The van der Waals surface area contributed by atoms with Gasteiger partial charge in [-0.2, -0.15) is 0 Å². The van der Waals surface area contributed by atoms with E-state index in [4.69, 9.17) is 0 Å². The second-order valence-electron chi connectivity index (χ2n) is 4.53. The smallest absolute Gasteiger partial charge is 0.0299 e. The minimum absolute atomic E-state index is 0.473. The molecule has 0 spiro atoms. The summed E-state index contributed by atoms with van der Waals surface area (Å²) in [7, 11) is 0. The van der Waals surface area contributed by atoms with E-state index in [1.807, 2.05) is 0 Å². The summed E-state index contributed by atoms with van der Waals surface area (Å²) >= 11 is 0. The van der Waals surface area contributed by atoms with Crippen molar-refractivity contribution in [1.82, 2.24) is 0 Å². The van der Waals surface area contributed by atoms with Gasteiger partial charge in [-0.15, -0.1) is 0 Å². The van der Waals surface area contributed by atoms with E-state index in [0.29, 0.717) is 11.3 Å². The van der Waals surface area contributed by atoms with Crippen LogP contribution >= 0.6 is 0 Å². The molecule has 0 aromatic carbocycles. The molecule has 0 aliphatic carbocycles. The zero-order valence-electron chi connectivity index (χ0n) is 9.06. The van der Waals surface area contributed by atoms with Crippen molar-refractivity contribution in [3.05, 3.63) is 19.1 Å². The Morgan fingerprint density at radius 1 is 1.33 bits per heavy atom. The summed E-state index contributed by atoms with van der Waals surface area (Å²) in [5.41, 5.74) is 0.473. The standard InChI is InChI=1S/C12H23/c1-6-12(4,5)10-8-7-9-11(2)3/h7-8,11H,2,6,9-10H2,1,3-5H3. The van der Waals surface area contributed by atoms with Gasteiger partial charge in [-0.1, -0.05) is 53.2 Å². The van der Waals surface area contributed by atoms with E-state index in [0.717, 1.165) is 6.42 Å². The highest BCUT2D eigenvalue weighted by Crippen LogP contribution is 2.24.